The van der Waals surface area contributed by atoms with Crippen molar-refractivity contribution in [3.8, 4) is 11.1 Å². The van der Waals surface area contributed by atoms with E-state index in [2.05, 4.69) is 4.98 Å². The molecule has 2 aromatic carbocycles. The molecule has 2 nitrogen and oxygen atoms in total. The van der Waals surface area contributed by atoms with Crippen molar-refractivity contribution in [1.82, 2.24) is 4.98 Å². The van der Waals surface area contributed by atoms with Gasteiger partial charge in [0.15, 0.2) is 5.78 Å². The van der Waals surface area contributed by atoms with Crippen molar-refractivity contribution >= 4 is 28.3 Å². The molecule has 1 aromatic heterocycles. The van der Waals surface area contributed by atoms with E-state index >= 15 is 0 Å². The van der Waals surface area contributed by atoms with Crippen LogP contribution in [-0.4, -0.2) is 10.8 Å². The number of carbonyl (C=O) groups excluding carboxylic acids is 1. The second-order valence-electron chi connectivity index (χ2n) is 6.39. The molecule has 0 N–H and O–H groups in total. The molecule has 3 aromatic rings. The lowest BCUT2D eigenvalue weighted by Crippen LogP contribution is -2.05. The summed E-state index contributed by atoms with van der Waals surface area (Å²) in [5.41, 5.74) is 3.99. The normalized spacial score (nSPS) is 15.0. The Morgan fingerprint density at radius 3 is 2.52 bits per heavy atom. The van der Waals surface area contributed by atoms with Gasteiger partial charge in [0.2, 0.25) is 0 Å². The van der Waals surface area contributed by atoms with E-state index in [1.165, 1.54) is 0 Å². The Balaban J connectivity index is 1.90. The van der Waals surface area contributed by atoms with Gasteiger partial charge in [-0.1, -0.05) is 48.0 Å². The molecule has 1 aliphatic carbocycles. The van der Waals surface area contributed by atoms with E-state index in [1.54, 1.807) is 6.08 Å². The van der Waals surface area contributed by atoms with Gasteiger partial charge < -0.3 is 0 Å². The maximum absolute atomic E-state index is 13.1. The largest absolute Gasteiger partial charge is 0.289 e. The molecule has 0 spiro atoms. The summed E-state index contributed by atoms with van der Waals surface area (Å²) in [7, 11) is 0. The lowest BCUT2D eigenvalue weighted by molar-refractivity contribution is 0.104. The van der Waals surface area contributed by atoms with Crippen LogP contribution in [0.5, 0.6) is 0 Å². The number of allylic oxidation sites excluding steroid dienone is 2. The predicted molar refractivity (Wildman–Crippen MR) is 111 cm³/mol. The molecule has 1 fully saturated rings. The Bertz CT molecular complexity index is 1020. The van der Waals surface area contributed by atoms with Crippen molar-refractivity contribution in [1.29, 1.82) is 0 Å². The summed E-state index contributed by atoms with van der Waals surface area (Å²) in [5.74, 6) is 0.931. The topological polar surface area (TPSA) is 30.0 Å². The smallest absolute Gasteiger partial charge is 0.188 e. The van der Waals surface area contributed by atoms with Crippen LogP contribution in [0, 0.1) is 38.5 Å². The molecular weight excluding hydrogens is 354 g/mol. The highest BCUT2D eigenvalue weighted by molar-refractivity contribution is 6.31. The molecular formula is C24H17ClNO. The van der Waals surface area contributed by atoms with Gasteiger partial charge in [0.05, 0.1) is 11.1 Å². The van der Waals surface area contributed by atoms with E-state index in [0.717, 1.165) is 27.9 Å². The van der Waals surface area contributed by atoms with Gasteiger partial charge >= 0.3 is 0 Å². The van der Waals surface area contributed by atoms with Crippen molar-refractivity contribution in [2.45, 2.75) is 6.92 Å². The summed E-state index contributed by atoms with van der Waals surface area (Å²) in [6.07, 6.45) is 11.3. The molecule has 0 saturated heterocycles. The maximum Gasteiger partial charge on any atom is 0.188 e. The van der Waals surface area contributed by atoms with Crippen LogP contribution in [0.2, 0.25) is 5.02 Å². The first-order valence-electron chi connectivity index (χ1n) is 8.73. The number of aryl methyl sites for hydroxylation is 1. The fourth-order valence-corrected chi connectivity index (χ4v) is 3.49. The summed E-state index contributed by atoms with van der Waals surface area (Å²) < 4.78 is 0. The summed E-state index contributed by atoms with van der Waals surface area (Å²) in [6.45, 7) is 1.88. The zero-order chi connectivity index (χ0) is 18.8. The number of aromatic nitrogens is 1. The third-order valence-corrected chi connectivity index (χ3v) is 4.79. The van der Waals surface area contributed by atoms with Crippen molar-refractivity contribution in [3.05, 3.63) is 109 Å². The van der Waals surface area contributed by atoms with Crippen LogP contribution in [0.1, 0.15) is 16.1 Å². The monoisotopic (exact) mass is 370 g/mol. The molecule has 0 bridgehead atoms. The van der Waals surface area contributed by atoms with Gasteiger partial charge in [0.1, 0.15) is 0 Å². The van der Waals surface area contributed by atoms with E-state index < -0.39 is 0 Å². The zero-order valence-electron chi connectivity index (χ0n) is 14.8. The number of nitrogens with zero attached hydrogens (tertiary/aromatic N) is 1. The first-order valence-corrected chi connectivity index (χ1v) is 9.11. The van der Waals surface area contributed by atoms with Gasteiger partial charge in [0.25, 0.3) is 0 Å². The molecule has 0 aliphatic heterocycles. The lowest BCUT2D eigenvalue weighted by atomic mass is 9.91. The number of carbonyl (C=O) groups is 1. The second-order valence-corrected chi connectivity index (χ2v) is 6.83. The number of hydrogen-bond acceptors (Lipinski definition) is 2. The van der Waals surface area contributed by atoms with Gasteiger partial charge in [-0.3, -0.25) is 9.78 Å². The number of rotatable bonds is 4. The molecule has 1 saturated carbocycles. The minimum atomic E-state index is -0.0677. The minimum Gasteiger partial charge on any atom is -0.289 e. The van der Waals surface area contributed by atoms with E-state index in [9.17, 15) is 4.79 Å². The van der Waals surface area contributed by atoms with Gasteiger partial charge in [-0.2, -0.15) is 0 Å². The van der Waals surface area contributed by atoms with Crippen LogP contribution in [-0.2, 0) is 0 Å². The molecule has 3 heteroatoms. The van der Waals surface area contributed by atoms with Crippen molar-refractivity contribution in [2.75, 3.05) is 0 Å². The maximum atomic E-state index is 13.1. The minimum absolute atomic E-state index is 0.0677. The van der Waals surface area contributed by atoms with Crippen LogP contribution >= 0.6 is 11.6 Å². The first kappa shape index (κ1) is 17.9. The highest BCUT2D eigenvalue weighted by atomic mass is 35.5. The number of fused-ring (bicyclic) bond motifs is 1. The van der Waals surface area contributed by atoms with Crippen LogP contribution in [0.15, 0.2) is 60.7 Å². The summed E-state index contributed by atoms with van der Waals surface area (Å²) in [4.78, 5) is 17.8. The molecule has 1 aliphatic rings. The molecule has 0 atom stereocenters. The lowest BCUT2D eigenvalue weighted by Gasteiger charge is -2.14. The number of halogens is 1. The van der Waals surface area contributed by atoms with Crippen LogP contribution in [0.4, 0.5) is 0 Å². The Labute approximate surface area is 164 Å². The predicted octanol–water partition coefficient (Wildman–Crippen LogP) is 6.01. The molecule has 4 rings (SSSR count). The van der Waals surface area contributed by atoms with Gasteiger partial charge in [-0.05, 0) is 62.4 Å². The van der Waals surface area contributed by atoms with Crippen molar-refractivity contribution in [3.63, 3.8) is 0 Å². The summed E-state index contributed by atoms with van der Waals surface area (Å²) >= 11 is 6.25. The van der Waals surface area contributed by atoms with Crippen molar-refractivity contribution in [2.24, 2.45) is 0 Å². The number of pyridine rings is 1. The standard InChI is InChI=1S/C24H17ClNO/c1-16-23(22(27)14-11-17-7-5-6-8-17)24(18-9-3-2-4-10-18)20-15-19(25)12-13-21(20)26-16/h2-15H,1H3/b14-11+. The number of ketones is 1. The average molecular weight is 371 g/mol. The van der Waals surface area contributed by atoms with Crippen LogP contribution in [0.3, 0.4) is 0 Å². The first-order chi connectivity index (χ1) is 13.1. The van der Waals surface area contributed by atoms with E-state index in [4.69, 9.17) is 11.6 Å². The SMILES string of the molecule is Cc1nc2ccc(Cl)cc2c(-c2ccccc2)c1C(=O)/C=C/[C]1[CH][CH][CH][CH]1. The highest BCUT2D eigenvalue weighted by Gasteiger charge is 2.20. The van der Waals surface area contributed by atoms with Crippen LogP contribution in [0.25, 0.3) is 22.0 Å². The van der Waals surface area contributed by atoms with Crippen LogP contribution < -0.4 is 0 Å². The van der Waals surface area contributed by atoms with Crippen molar-refractivity contribution < 1.29 is 4.79 Å². The fourth-order valence-electron chi connectivity index (χ4n) is 3.32. The number of hydrogen-bond donors (Lipinski definition) is 0. The fraction of sp³-hybridized carbons (Fsp3) is 0.0417. The zero-order valence-corrected chi connectivity index (χ0v) is 15.6. The quantitative estimate of drug-likeness (QED) is 0.416. The van der Waals surface area contributed by atoms with Gasteiger partial charge in [-0.15, -0.1) is 0 Å². The van der Waals surface area contributed by atoms with E-state index in [-0.39, 0.29) is 5.78 Å². The van der Waals surface area contributed by atoms with Gasteiger partial charge in [0, 0.05) is 27.6 Å². The Hall–Kier alpha value is -2.45. The van der Waals surface area contributed by atoms with E-state index in [0.29, 0.717) is 16.3 Å². The molecule has 0 amide bonds. The summed E-state index contributed by atoms with van der Waals surface area (Å²) in [6, 6.07) is 15.5. The van der Waals surface area contributed by atoms with Gasteiger partial charge in [-0.25, -0.2) is 0 Å². The van der Waals surface area contributed by atoms with E-state index in [1.807, 2.05) is 87.2 Å². The highest BCUT2D eigenvalue weighted by Crippen LogP contribution is 2.35. The summed E-state index contributed by atoms with van der Waals surface area (Å²) in [5, 5.41) is 1.50. The third kappa shape index (κ3) is 3.68. The molecule has 0 unspecified atom stereocenters. The average Bonchev–Trinajstić information content (AvgIpc) is 3.20. The molecule has 1 heterocycles. The molecule has 131 valence electrons. The Morgan fingerprint density at radius 1 is 1.04 bits per heavy atom. The molecule has 27 heavy (non-hydrogen) atoms. The second kappa shape index (κ2) is 7.66. The third-order valence-electron chi connectivity index (χ3n) is 4.55. The number of benzene rings is 2. The molecule has 5 radical (unpaired) electrons. The Morgan fingerprint density at radius 2 is 1.78 bits per heavy atom. The Kier molecular flexibility index (Phi) is 5.09.